The highest BCUT2D eigenvalue weighted by Crippen LogP contribution is 2.32. The van der Waals surface area contributed by atoms with Crippen molar-refractivity contribution in [1.82, 2.24) is 24.7 Å². The van der Waals surface area contributed by atoms with Crippen LogP contribution in [0.25, 0.3) is 11.5 Å². The lowest BCUT2D eigenvalue weighted by Crippen LogP contribution is -2.24. The molecule has 1 aliphatic heterocycles. The number of fused-ring (bicyclic) bond motifs is 1. The van der Waals surface area contributed by atoms with E-state index in [0.29, 0.717) is 29.4 Å². The van der Waals surface area contributed by atoms with Crippen molar-refractivity contribution >= 4 is 17.5 Å². The summed E-state index contributed by atoms with van der Waals surface area (Å²) in [4.78, 5) is 26.2. The number of rotatable bonds is 6. The fraction of sp³-hybridized carbons (Fsp3) is 0.350. The largest absolute Gasteiger partial charge is 0.360 e. The van der Waals surface area contributed by atoms with Crippen LogP contribution < -0.4 is 15.5 Å². The molecule has 4 heterocycles. The van der Waals surface area contributed by atoms with Crippen molar-refractivity contribution in [3.8, 4) is 11.5 Å². The molecule has 1 aliphatic rings. The van der Waals surface area contributed by atoms with E-state index in [9.17, 15) is 4.79 Å². The summed E-state index contributed by atoms with van der Waals surface area (Å²) in [5.74, 6) is 1.90. The van der Waals surface area contributed by atoms with Crippen LogP contribution in [-0.2, 0) is 19.6 Å². The maximum absolute atomic E-state index is 13.2. The fourth-order valence-electron chi connectivity index (χ4n) is 3.45. The Labute approximate surface area is 169 Å². The van der Waals surface area contributed by atoms with Crippen LogP contribution in [0.15, 0.2) is 30.6 Å². The van der Waals surface area contributed by atoms with Gasteiger partial charge in [0.15, 0.2) is 5.82 Å². The lowest BCUT2D eigenvalue weighted by Gasteiger charge is -2.17. The highest BCUT2D eigenvalue weighted by atomic mass is 16.2. The zero-order valence-electron chi connectivity index (χ0n) is 16.8. The smallest absolute Gasteiger partial charge is 0.260 e. The molecule has 0 radical (unpaired) electrons. The number of nitrogens with two attached hydrogens (primary N) is 1. The molecule has 9 nitrogen and oxygen atoms in total. The van der Waals surface area contributed by atoms with E-state index in [1.54, 1.807) is 11.2 Å². The van der Waals surface area contributed by atoms with Gasteiger partial charge >= 0.3 is 0 Å². The number of aromatic nitrogens is 5. The predicted molar refractivity (Wildman–Crippen MR) is 111 cm³/mol. The van der Waals surface area contributed by atoms with Gasteiger partial charge in [0.05, 0.1) is 17.8 Å². The highest BCUT2D eigenvalue weighted by Gasteiger charge is 2.33. The maximum atomic E-state index is 13.2. The molecule has 0 spiro atoms. The molecule has 0 aromatic carbocycles. The number of nitrogens with zero attached hydrogens (tertiary/aromatic N) is 7. The molecule has 150 valence electrons. The first-order valence-electron chi connectivity index (χ1n) is 9.68. The first-order chi connectivity index (χ1) is 14.1. The molecule has 0 bridgehead atoms. The van der Waals surface area contributed by atoms with E-state index < -0.39 is 0 Å². The van der Waals surface area contributed by atoms with Crippen molar-refractivity contribution in [3.05, 3.63) is 47.4 Å². The van der Waals surface area contributed by atoms with E-state index in [2.05, 4.69) is 20.2 Å². The summed E-state index contributed by atoms with van der Waals surface area (Å²) in [6, 6.07) is 7.42. The zero-order chi connectivity index (χ0) is 20.5. The maximum Gasteiger partial charge on any atom is 0.260 e. The second-order valence-corrected chi connectivity index (χ2v) is 6.88. The second-order valence-electron chi connectivity index (χ2n) is 6.88. The highest BCUT2D eigenvalue weighted by molar-refractivity contribution is 6.10. The number of hydrogen-bond acceptors (Lipinski definition) is 7. The summed E-state index contributed by atoms with van der Waals surface area (Å²) in [5.41, 5.74) is 8.87. The zero-order valence-corrected chi connectivity index (χ0v) is 16.8. The van der Waals surface area contributed by atoms with Gasteiger partial charge in [-0.05, 0) is 32.0 Å². The van der Waals surface area contributed by atoms with Gasteiger partial charge in [-0.1, -0.05) is 6.07 Å². The monoisotopic (exact) mass is 392 g/mol. The van der Waals surface area contributed by atoms with E-state index in [1.807, 2.05) is 54.6 Å². The van der Waals surface area contributed by atoms with Gasteiger partial charge in [0, 0.05) is 32.2 Å². The van der Waals surface area contributed by atoms with Gasteiger partial charge in [0.25, 0.3) is 5.91 Å². The fourth-order valence-corrected chi connectivity index (χ4v) is 3.45. The van der Waals surface area contributed by atoms with E-state index in [-0.39, 0.29) is 12.5 Å². The topological polar surface area (TPSA) is 106 Å². The van der Waals surface area contributed by atoms with Gasteiger partial charge in [-0.3, -0.25) is 9.69 Å². The summed E-state index contributed by atoms with van der Waals surface area (Å²) < 4.78 is 1.91. The number of carbonyl (C=O) groups is 1. The van der Waals surface area contributed by atoms with Crippen LogP contribution >= 0.6 is 0 Å². The second kappa shape index (κ2) is 7.59. The molecule has 4 rings (SSSR count). The van der Waals surface area contributed by atoms with Crippen LogP contribution in [0.3, 0.4) is 0 Å². The van der Waals surface area contributed by atoms with Crippen molar-refractivity contribution in [1.29, 1.82) is 0 Å². The van der Waals surface area contributed by atoms with Crippen LogP contribution in [0.2, 0.25) is 0 Å². The number of pyridine rings is 2. The van der Waals surface area contributed by atoms with E-state index in [0.717, 1.165) is 30.2 Å². The Morgan fingerprint density at radius 3 is 2.79 bits per heavy atom. The van der Waals surface area contributed by atoms with E-state index >= 15 is 0 Å². The number of carbonyl (C=O) groups excluding carboxylic acids is 1. The Morgan fingerprint density at radius 2 is 2.07 bits per heavy atom. The molecule has 0 unspecified atom stereocenters. The van der Waals surface area contributed by atoms with Gasteiger partial charge < -0.3 is 15.2 Å². The molecule has 9 heteroatoms. The SMILES string of the molecule is CCN(C)c1cc2c(c(CN)n1)CN(c1cccc(-c3nncn3CC)n1)C2=O. The summed E-state index contributed by atoms with van der Waals surface area (Å²) in [7, 11) is 1.95. The van der Waals surface area contributed by atoms with Crippen molar-refractivity contribution in [2.45, 2.75) is 33.5 Å². The van der Waals surface area contributed by atoms with Gasteiger partial charge in [-0.2, -0.15) is 0 Å². The lowest BCUT2D eigenvalue weighted by atomic mass is 10.1. The Balaban J connectivity index is 1.72. The van der Waals surface area contributed by atoms with E-state index in [4.69, 9.17) is 5.73 Å². The molecule has 3 aromatic heterocycles. The number of aryl methyl sites for hydroxylation is 1. The predicted octanol–water partition coefficient (Wildman–Crippen LogP) is 1.83. The van der Waals surface area contributed by atoms with Crippen LogP contribution in [0, 0.1) is 0 Å². The van der Waals surface area contributed by atoms with Crippen LogP contribution in [0.4, 0.5) is 11.6 Å². The summed E-state index contributed by atoms with van der Waals surface area (Å²) in [5, 5.41) is 8.13. The minimum Gasteiger partial charge on any atom is -0.360 e. The molecular formula is C20H24N8O. The lowest BCUT2D eigenvalue weighted by molar-refractivity contribution is 0.0996. The molecule has 0 atom stereocenters. The minimum atomic E-state index is -0.0931. The van der Waals surface area contributed by atoms with Gasteiger partial charge in [0.2, 0.25) is 0 Å². The molecule has 2 N–H and O–H groups in total. The van der Waals surface area contributed by atoms with Crippen LogP contribution in [0.1, 0.15) is 35.5 Å². The summed E-state index contributed by atoms with van der Waals surface area (Å²) in [6.07, 6.45) is 1.67. The van der Waals surface area contributed by atoms with Crippen molar-refractivity contribution in [2.24, 2.45) is 5.73 Å². The van der Waals surface area contributed by atoms with Gasteiger partial charge in [-0.25, -0.2) is 9.97 Å². The normalized spacial score (nSPS) is 13.1. The first-order valence-corrected chi connectivity index (χ1v) is 9.68. The molecule has 0 saturated heterocycles. The first kappa shape index (κ1) is 19.0. The standard InChI is InChI=1S/C20H24N8O/c1-4-26(3)18-9-13-14(16(10-21)24-18)11-28(20(13)29)17-8-6-7-15(23-17)19-25-22-12-27(19)5-2/h6-9,12H,4-5,10-11,21H2,1-3H3. The number of amides is 1. The van der Waals surface area contributed by atoms with Gasteiger partial charge in [0.1, 0.15) is 23.7 Å². The quantitative estimate of drug-likeness (QED) is 0.682. The van der Waals surface area contributed by atoms with E-state index in [1.165, 1.54) is 0 Å². The molecule has 3 aromatic rings. The third-order valence-corrected chi connectivity index (χ3v) is 5.24. The Morgan fingerprint density at radius 1 is 1.24 bits per heavy atom. The average Bonchev–Trinajstić information content (AvgIpc) is 3.37. The summed E-state index contributed by atoms with van der Waals surface area (Å²) in [6.45, 7) is 6.26. The average molecular weight is 392 g/mol. The Kier molecular flexibility index (Phi) is 4.98. The van der Waals surface area contributed by atoms with Crippen molar-refractivity contribution in [3.63, 3.8) is 0 Å². The molecule has 0 fully saturated rings. The third-order valence-electron chi connectivity index (χ3n) is 5.24. The Bertz CT molecular complexity index is 1060. The van der Waals surface area contributed by atoms with Gasteiger partial charge in [-0.15, -0.1) is 10.2 Å². The molecule has 1 amide bonds. The van der Waals surface area contributed by atoms with Crippen LogP contribution in [0.5, 0.6) is 0 Å². The molecule has 0 saturated carbocycles. The number of hydrogen-bond donors (Lipinski definition) is 1. The number of anilines is 2. The molecule has 29 heavy (non-hydrogen) atoms. The molecule has 0 aliphatic carbocycles. The van der Waals surface area contributed by atoms with Crippen molar-refractivity contribution in [2.75, 3.05) is 23.4 Å². The van der Waals surface area contributed by atoms with Crippen molar-refractivity contribution < 1.29 is 4.79 Å². The Hall–Kier alpha value is -3.33. The molecular weight excluding hydrogens is 368 g/mol. The van der Waals surface area contributed by atoms with Crippen LogP contribution in [-0.4, -0.2) is 44.2 Å². The summed E-state index contributed by atoms with van der Waals surface area (Å²) >= 11 is 0. The third kappa shape index (κ3) is 3.23. The minimum absolute atomic E-state index is 0.0931.